The first-order valence-corrected chi connectivity index (χ1v) is 6.36. The normalized spacial score (nSPS) is 23.3. The fourth-order valence-electron chi connectivity index (χ4n) is 2.73. The molecule has 1 unspecified atom stereocenters. The third-order valence-electron chi connectivity index (χ3n) is 4.68. The molecule has 0 aliphatic heterocycles. The lowest BCUT2D eigenvalue weighted by atomic mass is 9.86. The number of hydrogen-bond donors (Lipinski definition) is 2. The molecule has 0 aromatic heterocycles. The number of carbonyl (C=O) groups excluding carboxylic acids is 1. The molecule has 1 atom stereocenters. The molecule has 0 bridgehead atoms. The Morgan fingerprint density at radius 1 is 1.11 bits per heavy atom. The van der Waals surface area contributed by atoms with Crippen LogP contribution >= 0.6 is 0 Å². The fourth-order valence-corrected chi connectivity index (χ4v) is 2.73. The number of aliphatic carboxylic acids is 1. The molecule has 1 amide bonds. The number of amides is 1. The predicted molar refractivity (Wildman–Crippen MR) is 70.1 cm³/mol. The molecule has 2 N–H and O–H groups in total. The van der Waals surface area contributed by atoms with Crippen molar-refractivity contribution in [1.82, 2.24) is 5.32 Å². The van der Waals surface area contributed by atoms with Crippen LogP contribution in [-0.2, 0) is 9.59 Å². The van der Waals surface area contributed by atoms with Gasteiger partial charge in [0.2, 0.25) is 5.91 Å². The first kappa shape index (κ1) is 15.0. The third kappa shape index (κ3) is 2.25. The van der Waals surface area contributed by atoms with Crippen molar-refractivity contribution in [1.29, 1.82) is 0 Å². The van der Waals surface area contributed by atoms with Crippen molar-refractivity contribution < 1.29 is 14.7 Å². The third-order valence-corrected chi connectivity index (χ3v) is 4.68. The minimum absolute atomic E-state index is 0.0714. The van der Waals surface area contributed by atoms with Crippen molar-refractivity contribution in [2.24, 2.45) is 22.2 Å². The van der Waals surface area contributed by atoms with Gasteiger partial charge in [-0.25, -0.2) is 4.79 Å². The van der Waals surface area contributed by atoms with E-state index in [2.05, 4.69) is 5.32 Å². The summed E-state index contributed by atoms with van der Waals surface area (Å²) in [5, 5.41) is 11.9. The summed E-state index contributed by atoms with van der Waals surface area (Å²) in [6.45, 7) is 13.6. The van der Waals surface area contributed by atoms with E-state index >= 15 is 0 Å². The first-order valence-electron chi connectivity index (χ1n) is 6.36. The number of carboxylic acids is 1. The topological polar surface area (TPSA) is 66.4 Å². The van der Waals surface area contributed by atoms with Crippen LogP contribution in [0.15, 0.2) is 0 Å². The molecule has 1 saturated carbocycles. The van der Waals surface area contributed by atoms with Gasteiger partial charge in [-0.05, 0) is 16.2 Å². The monoisotopic (exact) mass is 255 g/mol. The van der Waals surface area contributed by atoms with Gasteiger partial charge in [0.25, 0.3) is 0 Å². The largest absolute Gasteiger partial charge is 0.480 e. The van der Waals surface area contributed by atoms with Crippen LogP contribution in [0.3, 0.4) is 0 Å². The summed E-state index contributed by atoms with van der Waals surface area (Å²) >= 11 is 0. The molecule has 0 aromatic rings. The summed E-state index contributed by atoms with van der Waals surface area (Å²) in [4.78, 5) is 23.5. The van der Waals surface area contributed by atoms with E-state index in [9.17, 15) is 14.7 Å². The van der Waals surface area contributed by atoms with Crippen LogP contribution in [0.1, 0.15) is 48.5 Å². The van der Waals surface area contributed by atoms with Crippen LogP contribution in [-0.4, -0.2) is 23.0 Å². The van der Waals surface area contributed by atoms with Gasteiger partial charge in [0.15, 0.2) is 0 Å². The molecule has 1 rings (SSSR count). The summed E-state index contributed by atoms with van der Waals surface area (Å²) in [5.74, 6) is -1.24. The van der Waals surface area contributed by atoms with E-state index in [-0.39, 0.29) is 22.7 Å². The van der Waals surface area contributed by atoms with E-state index < -0.39 is 17.4 Å². The second-order valence-electron chi connectivity index (χ2n) is 7.52. The van der Waals surface area contributed by atoms with Gasteiger partial charge in [0.05, 0.1) is 0 Å². The second kappa shape index (κ2) is 3.97. The zero-order valence-corrected chi connectivity index (χ0v) is 12.4. The highest BCUT2D eigenvalue weighted by atomic mass is 16.4. The molecule has 4 heteroatoms. The Bertz CT molecular complexity index is 363. The molecule has 1 fully saturated rings. The Morgan fingerprint density at radius 3 is 1.72 bits per heavy atom. The van der Waals surface area contributed by atoms with Gasteiger partial charge in [-0.15, -0.1) is 0 Å². The first-order chi connectivity index (χ1) is 7.83. The average Bonchev–Trinajstić information content (AvgIpc) is 2.50. The van der Waals surface area contributed by atoms with Crippen LogP contribution < -0.4 is 5.32 Å². The zero-order valence-electron chi connectivity index (χ0n) is 12.4. The highest BCUT2D eigenvalue weighted by Gasteiger charge is 2.68. The van der Waals surface area contributed by atoms with Gasteiger partial charge < -0.3 is 10.4 Å². The van der Waals surface area contributed by atoms with Gasteiger partial charge in [0, 0.05) is 5.92 Å². The quantitative estimate of drug-likeness (QED) is 0.813. The predicted octanol–water partition coefficient (Wildman–Crippen LogP) is 2.28. The molecular weight excluding hydrogens is 230 g/mol. The molecule has 1 aliphatic carbocycles. The van der Waals surface area contributed by atoms with E-state index in [1.54, 1.807) is 0 Å². The Kier molecular flexibility index (Phi) is 3.31. The van der Waals surface area contributed by atoms with Crippen LogP contribution in [0.2, 0.25) is 0 Å². The summed E-state index contributed by atoms with van der Waals surface area (Å²) in [5.41, 5.74) is -0.638. The highest BCUT2D eigenvalue weighted by molar-refractivity contribution is 5.88. The maximum atomic E-state index is 12.2. The van der Waals surface area contributed by atoms with Crippen LogP contribution in [0.4, 0.5) is 0 Å². The van der Waals surface area contributed by atoms with Crippen molar-refractivity contribution in [3.8, 4) is 0 Å². The number of rotatable bonds is 3. The van der Waals surface area contributed by atoms with E-state index in [0.717, 1.165) is 0 Å². The Hall–Kier alpha value is -1.06. The smallest absolute Gasteiger partial charge is 0.326 e. The van der Waals surface area contributed by atoms with Gasteiger partial charge >= 0.3 is 5.97 Å². The molecule has 0 heterocycles. The van der Waals surface area contributed by atoms with Crippen LogP contribution in [0.25, 0.3) is 0 Å². The molecule has 0 radical (unpaired) electrons. The minimum Gasteiger partial charge on any atom is -0.480 e. The lowest BCUT2D eigenvalue weighted by Gasteiger charge is -2.28. The Labute approximate surface area is 109 Å². The SMILES string of the molecule is CC(C)(C)C(NC(=O)C1C(C)(C)C1(C)C)C(=O)O. The van der Waals surface area contributed by atoms with Crippen LogP contribution in [0.5, 0.6) is 0 Å². The van der Waals surface area contributed by atoms with E-state index in [1.807, 2.05) is 48.5 Å². The number of hydrogen-bond acceptors (Lipinski definition) is 2. The van der Waals surface area contributed by atoms with Gasteiger partial charge in [-0.3, -0.25) is 4.79 Å². The lowest BCUT2D eigenvalue weighted by molar-refractivity contribution is -0.145. The molecule has 18 heavy (non-hydrogen) atoms. The molecule has 104 valence electrons. The maximum Gasteiger partial charge on any atom is 0.326 e. The Morgan fingerprint density at radius 2 is 1.50 bits per heavy atom. The summed E-state index contributed by atoms with van der Waals surface area (Å²) in [6.07, 6.45) is 0. The van der Waals surface area contributed by atoms with Crippen molar-refractivity contribution in [2.75, 3.05) is 0 Å². The van der Waals surface area contributed by atoms with Crippen molar-refractivity contribution in [3.63, 3.8) is 0 Å². The molecule has 0 saturated heterocycles. The van der Waals surface area contributed by atoms with Gasteiger partial charge in [0.1, 0.15) is 6.04 Å². The highest BCUT2D eigenvalue weighted by Crippen LogP contribution is 2.68. The standard InChI is InChI=1S/C14H25NO3/c1-12(2,3)9(11(17)18)15-10(16)8-13(4,5)14(8,6)7/h8-9H,1-7H3,(H,15,16)(H,17,18). The minimum atomic E-state index is -0.980. The van der Waals surface area contributed by atoms with E-state index in [4.69, 9.17) is 0 Å². The zero-order chi connectivity index (χ0) is 14.5. The van der Waals surface area contributed by atoms with Crippen molar-refractivity contribution >= 4 is 11.9 Å². The molecule has 1 aliphatic rings. The molecule has 0 aromatic carbocycles. The van der Waals surface area contributed by atoms with Crippen molar-refractivity contribution in [3.05, 3.63) is 0 Å². The number of carbonyl (C=O) groups is 2. The lowest BCUT2D eigenvalue weighted by Crippen LogP contribution is -2.50. The fraction of sp³-hybridized carbons (Fsp3) is 0.857. The second-order valence-corrected chi connectivity index (χ2v) is 7.52. The average molecular weight is 255 g/mol. The van der Waals surface area contributed by atoms with Gasteiger partial charge in [-0.2, -0.15) is 0 Å². The Balaban J connectivity index is 2.81. The van der Waals surface area contributed by atoms with Crippen molar-refractivity contribution in [2.45, 2.75) is 54.5 Å². The molecule has 0 spiro atoms. The maximum absolute atomic E-state index is 12.2. The summed E-state index contributed by atoms with van der Waals surface area (Å²) < 4.78 is 0. The van der Waals surface area contributed by atoms with Crippen LogP contribution in [0, 0.1) is 22.2 Å². The number of carboxylic acid groups (broad SMARTS) is 1. The summed E-state index contributed by atoms with van der Waals surface area (Å²) in [7, 11) is 0. The number of nitrogens with one attached hydrogen (secondary N) is 1. The molecular formula is C14H25NO3. The summed E-state index contributed by atoms with van der Waals surface area (Å²) in [6, 6.07) is -0.850. The molecule has 4 nitrogen and oxygen atoms in total. The van der Waals surface area contributed by atoms with E-state index in [1.165, 1.54) is 0 Å². The van der Waals surface area contributed by atoms with E-state index in [0.29, 0.717) is 0 Å². The van der Waals surface area contributed by atoms with Gasteiger partial charge in [-0.1, -0.05) is 48.5 Å².